The molecule has 0 bridgehead atoms. The van der Waals surface area contributed by atoms with Crippen molar-refractivity contribution in [2.45, 2.75) is 39.7 Å². The molecule has 1 saturated heterocycles. The Morgan fingerprint density at radius 2 is 1.68 bits per heavy atom. The average Bonchev–Trinajstić information content (AvgIpc) is 3.54. The molecule has 1 aliphatic rings. The minimum absolute atomic E-state index is 0.114. The van der Waals surface area contributed by atoms with Crippen molar-refractivity contribution in [1.82, 2.24) is 4.98 Å². The van der Waals surface area contributed by atoms with Gasteiger partial charge in [-0.15, -0.1) is 0 Å². The molecule has 44 heavy (non-hydrogen) atoms. The number of aliphatic hydroxyl groups is 1. The Morgan fingerprint density at radius 3 is 2.39 bits per heavy atom. The van der Waals surface area contributed by atoms with Crippen molar-refractivity contribution >= 4 is 39.9 Å². The van der Waals surface area contributed by atoms with Crippen molar-refractivity contribution in [3.05, 3.63) is 106 Å². The van der Waals surface area contributed by atoms with Gasteiger partial charge in [0.15, 0.2) is 5.13 Å². The highest BCUT2D eigenvalue weighted by molar-refractivity contribution is 7.17. The largest absolute Gasteiger partial charge is 0.507 e. The Kier molecular flexibility index (Phi) is 9.40. The van der Waals surface area contributed by atoms with Gasteiger partial charge in [-0.25, -0.2) is 9.78 Å². The summed E-state index contributed by atoms with van der Waals surface area (Å²) in [5.41, 5.74) is 1.10. The smallest absolute Gasteiger partial charge is 0.350 e. The minimum Gasteiger partial charge on any atom is -0.507 e. The highest BCUT2D eigenvalue weighted by Crippen LogP contribution is 2.44. The summed E-state index contributed by atoms with van der Waals surface area (Å²) in [5.74, 6) is -0.969. The van der Waals surface area contributed by atoms with Crippen LogP contribution >= 0.6 is 11.3 Å². The molecular weight excluding hydrogens is 580 g/mol. The Bertz CT molecular complexity index is 1700. The second kappa shape index (κ2) is 13.6. The third-order valence-corrected chi connectivity index (χ3v) is 8.08. The van der Waals surface area contributed by atoms with Gasteiger partial charge in [0.25, 0.3) is 5.78 Å². The van der Waals surface area contributed by atoms with Crippen LogP contribution in [0.4, 0.5) is 5.13 Å². The number of unbranched alkanes of at least 4 members (excludes halogenated alkanes) is 1. The SMILES string of the molecule is CCCCOc1ccc(/C(O)=C2/C(=O)C(=O)N(c3nc(C)c(C(=O)OCC)s3)C2c2cccc(Oc3ccccc3)c2)cc1. The number of thiazole rings is 1. The second-order valence-electron chi connectivity index (χ2n) is 10.0. The first-order chi connectivity index (χ1) is 21.3. The van der Waals surface area contributed by atoms with Crippen LogP contribution in [0.1, 0.15) is 59.2 Å². The molecule has 1 aromatic heterocycles. The average molecular weight is 613 g/mol. The summed E-state index contributed by atoms with van der Waals surface area (Å²) in [6, 6.07) is 21.8. The topological polar surface area (TPSA) is 115 Å². The molecule has 0 saturated carbocycles. The van der Waals surface area contributed by atoms with E-state index in [0.717, 1.165) is 24.2 Å². The first-order valence-corrected chi connectivity index (χ1v) is 15.2. The molecule has 226 valence electrons. The first kappa shape index (κ1) is 30.5. The van der Waals surface area contributed by atoms with Gasteiger partial charge < -0.3 is 19.3 Å². The highest BCUT2D eigenvalue weighted by Gasteiger charge is 2.48. The Balaban J connectivity index is 1.60. The fraction of sp³-hybridized carbons (Fsp3) is 0.235. The molecule has 1 atom stereocenters. The lowest BCUT2D eigenvalue weighted by molar-refractivity contribution is -0.132. The van der Waals surface area contributed by atoms with Gasteiger partial charge in [0, 0.05) is 5.56 Å². The Morgan fingerprint density at radius 1 is 0.955 bits per heavy atom. The van der Waals surface area contributed by atoms with Crippen molar-refractivity contribution in [2.24, 2.45) is 0 Å². The lowest BCUT2D eigenvalue weighted by Gasteiger charge is -2.23. The van der Waals surface area contributed by atoms with Crippen molar-refractivity contribution in [3.8, 4) is 17.2 Å². The molecule has 3 aromatic carbocycles. The van der Waals surface area contributed by atoms with Gasteiger partial charge in [0.1, 0.15) is 27.9 Å². The standard InChI is InChI=1S/C34H32N2O7S/c1-4-6-19-42-24-17-15-22(16-18-24)29(37)27-28(23-11-10-14-26(20-23)43-25-12-8-7-9-13-25)36(32(39)30(27)38)34-35-21(3)31(44-34)33(40)41-5-2/h7-18,20,28,37H,4-6,19H2,1-3H3/b29-27-. The molecule has 1 unspecified atom stereocenters. The van der Waals surface area contributed by atoms with Crippen LogP contribution in [-0.2, 0) is 14.3 Å². The molecule has 1 aliphatic heterocycles. The summed E-state index contributed by atoms with van der Waals surface area (Å²) in [6.07, 6.45) is 1.91. The summed E-state index contributed by atoms with van der Waals surface area (Å²) in [4.78, 5) is 45.8. The number of anilines is 1. The van der Waals surface area contributed by atoms with E-state index in [9.17, 15) is 19.5 Å². The summed E-state index contributed by atoms with van der Waals surface area (Å²) in [7, 11) is 0. The molecule has 0 radical (unpaired) electrons. The van der Waals surface area contributed by atoms with Crippen molar-refractivity contribution in [2.75, 3.05) is 18.1 Å². The van der Waals surface area contributed by atoms with Gasteiger partial charge in [-0.1, -0.05) is 55.0 Å². The number of benzene rings is 3. The number of aryl methyl sites for hydroxylation is 1. The van der Waals surface area contributed by atoms with Crippen LogP contribution in [0.25, 0.3) is 5.76 Å². The number of aromatic nitrogens is 1. The number of carbonyl (C=O) groups excluding carboxylic acids is 3. The molecule has 10 heteroatoms. The lowest BCUT2D eigenvalue weighted by Crippen LogP contribution is -2.29. The van der Waals surface area contributed by atoms with Crippen LogP contribution in [0.3, 0.4) is 0 Å². The normalized spacial score (nSPS) is 15.8. The predicted octanol–water partition coefficient (Wildman–Crippen LogP) is 7.23. The highest BCUT2D eigenvalue weighted by atomic mass is 32.1. The van der Waals surface area contributed by atoms with E-state index < -0.39 is 23.7 Å². The zero-order valence-corrected chi connectivity index (χ0v) is 25.4. The predicted molar refractivity (Wildman–Crippen MR) is 167 cm³/mol. The molecule has 9 nitrogen and oxygen atoms in total. The van der Waals surface area contributed by atoms with E-state index in [4.69, 9.17) is 14.2 Å². The maximum atomic E-state index is 13.7. The number of ketones is 1. The maximum absolute atomic E-state index is 13.7. The number of amides is 1. The number of hydrogen-bond acceptors (Lipinski definition) is 9. The molecule has 1 N–H and O–H groups in total. The third kappa shape index (κ3) is 6.35. The van der Waals surface area contributed by atoms with Crippen LogP contribution in [0, 0.1) is 6.92 Å². The second-order valence-corrected chi connectivity index (χ2v) is 11.0. The number of Topliss-reactive ketones (excluding diaryl/α,β-unsaturated/α-hetero) is 1. The van der Waals surface area contributed by atoms with E-state index in [-0.39, 0.29) is 27.9 Å². The summed E-state index contributed by atoms with van der Waals surface area (Å²) in [5, 5.41) is 11.7. The van der Waals surface area contributed by atoms with Crippen molar-refractivity contribution in [1.29, 1.82) is 0 Å². The van der Waals surface area contributed by atoms with Gasteiger partial charge in [-0.3, -0.25) is 14.5 Å². The number of rotatable bonds is 11. The molecule has 1 amide bonds. The third-order valence-electron chi connectivity index (χ3n) is 6.94. The van der Waals surface area contributed by atoms with Gasteiger partial charge >= 0.3 is 11.9 Å². The fourth-order valence-electron chi connectivity index (χ4n) is 4.79. The lowest BCUT2D eigenvalue weighted by atomic mass is 9.95. The van der Waals surface area contributed by atoms with Gasteiger partial charge in [0.05, 0.1) is 30.5 Å². The van der Waals surface area contributed by atoms with E-state index in [1.54, 1.807) is 62.4 Å². The fourth-order valence-corrected chi connectivity index (χ4v) is 5.78. The van der Waals surface area contributed by atoms with Gasteiger partial charge in [-0.05, 0) is 74.4 Å². The van der Waals surface area contributed by atoms with E-state index in [0.29, 0.717) is 40.7 Å². The van der Waals surface area contributed by atoms with Crippen LogP contribution in [0.15, 0.2) is 84.4 Å². The molecule has 0 aliphatic carbocycles. The van der Waals surface area contributed by atoms with Gasteiger partial charge in [0.2, 0.25) is 0 Å². The quantitative estimate of drug-likeness (QED) is 0.0620. The minimum atomic E-state index is -1.06. The zero-order chi connectivity index (χ0) is 31.2. The zero-order valence-electron chi connectivity index (χ0n) is 24.6. The number of esters is 1. The summed E-state index contributed by atoms with van der Waals surface area (Å²) < 4.78 is 16.9. The number of nitrogens with zero attached hydrogens (tertiary/aromatic N) is 2. The van der Waals surface area contributed by atoms with Crippen LogP contribution in [0.2, 0.25) is 0 Å². The number of para-hydroxylation sites is 1. The Hall–Kier alpha value is -4.96. The van der Waals surface area contributed by atoms with Crippen LogP contribution in [0.5, 0.6) is 17.2 Å². The maximum Gasteiger partial charge on any atom is 0.350 e. The van der Waals surface area contributed by atoms with Gasteiger partial charge in [-0.2, -0.15) is 0 Å². The van der Waals surface area contributed by atoms with E-state index in [2.05, 4.69) is 11.9 Å². The number of ether oxygens (including phenoxy) is 3. The van der Waals surface area contributed by atoms with E-state index in [1.165, 1.54) is 4.90 Å². The van der Waals surface area contributed by atoms with Crippen LogP contribution < -0.4 is 14.4 Å². The molecule has 5 rings (SSSR count). The summed E-state index contributed by atoms with van der Waals surface area (Å²) >= 11 is 0.952. The number of carbonyl (C=O) groups is 3. The molecule has 4 aromatic rings. The monoisotopic (exact) mass is 612 g/mol. The molecule has 2 heterocycles. The van der Waals surface area contributed by atoms with Crippen molar-refractivity contribution < 1.29 is 33.7 Å². The number of hydrogen-bond donors (Lipinski definition) is 1. The van der Waals surface area contributed by atoms with E-state index >= 15 is 0 Å². The van der Waals surface area contributed by atoms with Crippen molar-refractivity contribution in [3.63, 3.8) is 0 Å². The van der Waals surface area contributed by atoms with Crippen LogP contribution in [-0.4, -0.2) is 41.0 Å². The molecule has 0 spiro atoms. The summed E-state index contributed by atoms with van der Waals surface area (Å²) in [6.45, 7) is 6.14. The Labute approximate surface area is 259 Å². The number of aliphatic hydroxyl groups excluding tert-OH is 1. The van der Waals surface area contributed by atoms with E-state index in [1.807, 2.05) is 30.3 Å². The molecular formula is C34H32N2O7S. The molecule has 1 fully saturated rings. The first-order valence-electron chi connectivity index (χ1n) is 14.3.